The Morgan fingerprint density at radius 3 is 2.29 bits per heavy atom. The molecule has 2 bridgehead atoms. The van der Waals surface area contributed by atoms with Gasteiger partial charge in [0.15, 0.2) is 17.3 Å². The SMILES string of the molecule is CC.O=C(c1ccc(C(F)(F)Cl)nc1CCCO)C1C(=O)C2CCC(C2)C1=O. The smallest absolute Gasteiger partial charge is 0.364 e. The minimum atomic E-state index is -3.70. The summed E-state index contributed by atoms with van der Waals surface area (Å²) in [5.74, 6) is -3.40. The molecule has 0 saturated heterocycles. The van der Waals surface area contributed by atoms with Crippen molar-refractivity contribution >= 4 is 29.0 Å². The molecule has 1 N–H and O–H groups in total. The first-order valence-corrected chi connectivity index (χ1v) is 9.91. The van der Waals surface area contributed by atoms with Crippen LogP contribution >= 0.6 is 11.6 Å². The first kappa shape index (κ1) is 22.6. The van der Waals surface area contributed by atoms with E-state index < -0.39 is 22.8 Å². The molecule has 1 aromatic heterocycles. The van der Waals surface area contributed by atoms with Crippen molar-refractivity contribution in [2.45, 2.75) is 51.3 Å². The van der Waals surface area contributed by atoms with E-state index in [-0.39, 0.29) is 54.1 Å². The summed E-state index contributed by atoms with van der Waals surface area (Å²) in [6.07, 6.45) is 1.95. The number of pyridine rings is 1. The van der Waals surface area contributed by atoms with Crippen LogP contribution in [0.3, 0.4) is 0 Å². The number of aliphatic hydroxyl groups excluding tert-OH is 1. The molecule has 0 spiro atoms. The number of carbonyl (C=O) groups is 3. The molecule has 1 heterocycles. The highest BCUT2D eigenvalue weighted by Crippen LogP contribution is 2.41. The molecule has 3 rings (SSSR count). The lowest BCUT2D eigenvalue weighted by atomic mass is 9.75. The first-order valence-electron chi connectivity index (χ1n) is 9.53. The maximum atomic E-state index is 13.3. The van der Waals surface area contributed by atoms with E-state index in [2.05, 4.69) is 4.98 Å². The molecule has 0 amide bonds. The monoisotopic (exact) mass is 415 g/mol. The van der Waals surface area contributed by atoms with Crippen LogP contribution in [0, 0.1) is 17.8 Å². The lowest BCUT2D eigenvalue weighted by Gasteiger charge is -2.25. The van der Waals surface area contributed by atoms with Gasteiger partial charge in [-0.05, 0) is 55.8 Å². The van der Waals surface area contributed by atoms with Crippen molar-refractivity contribution in [2.24, 2.45) is 17.8 Å². The molecule has 2 saturated carbocycles. The van der Waals surface area contributed by atoms with E-state index in [1.165, 1.54) is 0 Å². The number of nitrogens with zero attached hydrogens (tertiary/aromatic N) is 1. The highest BCUT2D eigenvalue weighted by Gasteiger charge is 2.50. The van der Waals surface area contributed by atoms with Crippen molar-refractivity contribution in [3.63, 3.8) is 0 Å². The second kappa shape index (κ2) is 9.18. The molecule has 8 heteroatoms. The maximum absolute atomic E-state index is 13.3. The summed E-state index contributed by atoms with van der Waals surface area (Å²) in [6.45, 7) is 3.78. The molecular formula is C20H24ClF2NO4. The predicted molar refractivity (Wildman–Crippen MR) is 99.4 cm³/mol. The van der Waals surface area contributed by atoms with Crippen molar-refractivity contribution < 1.29 is 28.3 Å². The van der Waals surface area contributed by atoms with Crippen LogP contribution in [-0.4, -0.2) is 34.0 Å². The second-order valence-corrected chi connectivity index (χ2v) is 7.30. The summed E-state index contributed by atoms with van der Waals surface area (Å²) in [7, 11) is 0. The van der Waals surface area contributed by atoms with Crippen LogP contribution in [-0.2, 0) is 21.4 Å². The zero-order chi connectivity index (χ0) is 21.1. The number of alkyl halides is 3. The maximum Gasteiger partial charge on any atom is 0.364 e. The molecule has 0 aromatic carbocycles. The van der Waals surface area contributed by atoms with Gasteiger partial charge in [-0.2, -0.15) is 8.78 Å². The number of aliphatic hydroxyl groups is 1. The van der Waals surface area contributed by atoms with Crippen molar-refractivity contribution in [1.29, 1.82) is 0 Å². The van der Waals surface area contributed by atoms with E-state index >= 15 is 0 Å². The molecule has 5 nitrogen and oxygen atoms in total. The zero-order valence-electron chi connectivity index (χ0n) is 15.9. The highest BCUT2D eigenvalue weighted by atomic mass is 35.5. The van der Waals surface area contributed by atoms with Gasteiger partial charge in [-0.25, -0.2) is 4.98 Å². The van der Waals surface area contributed by atoms with Crippen LogP contribution in [0.25, 0.3) is 0 Å². The molecule has 0 aliphatic heterocycles. The number of halogens is 3. The van der Waals surface area contributed by atoms with Crippen molar-refractivity contribution in [3.05, 3.63) is 29.1 Å². The van der Waals surface area contributed by atoms with Gasteiger partial charge in [0.2, 0.25) is 0 Å². The number of rotatable bonds is 6. The third-order valence-electron chi connectivity index (χ3n) is 5.17. The first-order chi connectivity index (χ1) is 13.2. The predicted octanol–water partition coefficient (Wildman–Crippen LogP) is 3.69. The van der Waals surface area contributed by atoms with Gasteiger partial charge in [0.25, 0.3) is 0 Å². The van der Waals surface area contributed by atoms with Crippen LogP contribution in [0.5, 0.6) is 0 Å². The Kier molecular flexibility index (Phi) is 7.39. The summed E-state index contributed by atoms with van der Waals surface area (Å²) in [5, 5.41) is 5.30. The normalized spacial score (nSPS) is 24.0. The summed E-state index contributed by atoms with van der Waals surface area (Å²) < 4.78 is 26.7. The Morgan fingerprint density at radius 1 is 1.21 bits per heavy atom. The molecule has 2 unspecified atom stereocenters. The molecule has 0 radical (unpaired) electrons. The number of fused-ring (bicyclic) bond motifs is 2. The quantitative estimate of drug-likeness (QED) is 0.435. The van der Waals surface area contributed by atoms with Gasteiger partial charge in [0.05, 0.1) is 5.69 Å². The standard InChI is InChI=1S/C18H18ClF2NO4.C2H6/c19-18(20,21)13-6-5-11(12(22-13)2-1-7-23)17(26)14-15(24)9-3-4-10(8-9)16(14)25;1-2/h5-6,9-10,14,23H,1-4,7-8H2;1-2H3. The minimum Gasteiger partial charge on any atom is -0.396 e. The number of Topliss-reactive ketones (excluding diaryl/α,β-unsaturated/α-hetero) is 3. The van der Waals surface area contributed by atoms with E-state index in [1.807, 2.05) is 13.8 Å². The average Bonchev–Trinajstić information content (AvgIpc) is 3.13. The molecule has 28 heavy (non-hydrogen) atoms. The van der Waals surface area contributed by atoms with E-state index in [4.69, 9.17) is 16.7 Å². The fraction of sp³-hybridized carbons (Fsp3) is 0.600. The van der Waals surface area contributed by atoms with Gasteiger partial charge >= 0.3 is 5.38 Å². The molecular weight excluding hydrogens is 392 g/mol. The van der Waals surface area contributed by atoms with Gasteiger partial charge in [-0.3, -0.25) is 14.4 Å². The summed E-state index contributed by atoms with van der Waals surface area (Å²) in [6, 6.07) is 2.07. The van der Waals surface area contributed by atoms with Crippen LogP contribution in [0.2, 0.25) is 0 Å². The topological polar surface area (TPSA) is 84.3 Å². The number of aryl methyl sites for hydroxylation is 1. The Morgan fingerprint density at radius 2 is 1.79 bits per heavy atom. The van der Waals surface area contributed by atoms with E-state index in [1.54, 1.807) is 0 Å². The van der Waals surface area contributed by atoms with Crippen LogP contribution in [0.4, 0.5) is 8.78 Å². The van der Waals surface area contributed by atoms with Crippen molar-refractivity contribution in [1.82, 2.24) is 4.98 Å². The van der Waals surface area contributed by atoms with Crippen LogP contribution in [0.1, 0.15) is 61.3 Å². The Balaban J connectivity index is 0.00000136. The largest absolute Gasteiger partial charge is 0.396 e. The molecule has 2 aliphatic carbocycles. The summed E-state index contributed by atoms with van der Waals surface area (Å²) in [4.78, 5) is 41.7. The summed E-state index contributed by atoms with van der Waals surface area (Å²) in [5.41, 5.74) is -0.735. The average molecular weight is 416 g/mol. The number of hydrogen-bond donors (Lipinski definition) is 1. The second-order valence-electron chi connectivity index (χ2n) is 6.82. The Hall–Kier alpha value is -1.73. The van der Waals surface area contributed by atoms with Gasteiger partial charge in [0.1, 0.15) is 11.6 Å². The highest BCUT2D eigenvalue weighted by molar-refractivity contribution is 6.26. The fourth-order valence-corrected chi connectivity index (χ4v) is 3.95. The van der Waals surface area contributed by atoms with E-state index in [9.17, 15) is 23.2 Å². The van der Waals surface area contributed by atoms with Crippen LogP contribution in [0.15, 0.2) is 12.1 Å². The van der Waals surface area contributed by atoms with E-state index in [0.717, 1.165) is 12.1 Å². The third-order valence-corrected chi connectivity index (χ3v) is 5.36. The Bertz CT molecular complexity index is 741. The minimum absolute atomic E-state index is 0.0143. The van der Waals surface area contributed by atoms with E-state index in [0.29, 0.717) is 19.3 Å². The van der Waals surface area contributed by atoms with Gasteiger partial charge in [-0.1, -0.05) is 13.8 Å². The number of ketones is 3. The Labute approximate surface area is 167 Å². The van der Waals surface area contributed by atoms with Crippen molar-refractivity contribution in [2.75, 3.05) is 6.61 Å². The van der Waals surface area contributed by atoms with Crippen LogP contribution < -0.4 is 0 Å². The summed E-state index contributed by atoms with van der Waals surface area (Å²) >= 11 is 5.00. The molecule has 154 valence electrons. The van der Waals surface area contributed by atoms with Gasteiger partial charge in [-0.15, -0.1) is 0 Å². The number of carbonyl (C=O) groups excluding carboxylic acids is 3. The zero-order valence-corrected chi connectivity index (χ0v) is 16.6. The fourth-order valence-electron chi connectivity index (χ4n) is 3.84. The van der Waals surface area contributed by atoms with Crippen molar-refractivity contribution in [3.8, 4) is 0 Å². The molecule has 1 aromatic rings. The molecule has 2 aliphatic rings. The number of aromatic nitrogens is 1. The lowest BCUT2D eigenvalue weighted by Crippen LogP contribution is -2.41. The third kappa shape index (κ3) is 4.46. The molecule has 2 fully saturated rings. The molecule has 2 atom stereocenters. The van der Waals surface area contributed by atoms with Gasteiger partial charge in [0, 0.05) is 24.0 Å². The lowest BCUT2D eigenvalue weighted by molar-refractivity contribution is -0.137. The van der Waals surface area contributed by atoms with Gasteiger partial charge < -0.3 is 5.11 Å². The number of hydrogen-bond acceptors (Lipinski definition) is 5.